The minimum Gasteiger partial charge on any atom is -0.491 e. The van der Waals surface area contributed by atoms with E-state index in [1.807, 2.05) is 38.1 Å². The fourth-order valence-electron chi connectivity index (χ4n) is 4.05. The zero-order chi connectivity index (χ0) is 16.2. The van der Waals surface area contributed by atoms with E-state index >= 15 is 0 Å². The topological polar surface area (TPSA) is 29.5 Å². The van der Waals surface area contributed by atoms with Gasteiger partial charge in [0.05, 0.1) is 6.10 Å². The van der Waals surface area contributed by atoms with Gasteiger partial charge in [0.1, 0.15) is 5.75 Å². The highest BCUT2D eigenvalue weighted by atomic mass is 16.5. The van der Waals surface area contributed by atoms with Gasteiger partial charge >= 0.3 is 0 Å². The molecule has 0 bridgehead atoms. The van der Waals surface area contributed by atoms with E-state index in [9.17, 15) is 4.79 Å². The standard InChI is InChI=1S/C20H29NO2/c1-15(2)23-19-11-5-7-16(13-19)20(22)17-8-6-12-21(14-17)18-9-3-4-10-18/h5,7,11,13,15,17-18H,3-4,6,8-10,12,14H2,1-2H3/t17-/m0/s1. The molecule has 3 nitrogen and oxygen atoms in total. The molecule has 2 aliphatic rings. The molecule has 0 N–H and O–H groups in total. The Morgan fingerprint density at radius 3 is 2.70 bits per heavy atom. The quantitative estimate of drug-likeness (QED) is 0.758. The Hall–Kier alpha value is -1.35. The number of Topliss-reactive ketones (excluding diaryl/α,β-unsaturated/α-hetero) is 1. The van der Waals surface area contributed by atoms with Gasteiger partial charge < -0.3 is 4.74 Å². The first kappa shape index (κ1) is 16.5. The van der Waals surface area contributed by atoms with E-state index in [0.29, 0.717) is 5.78 Å². The van der Waals surface area contributed by atoms with Crippen LogP contribution in [0.5, 0.6) is 5.75 Å². The van der Waals surface area contributed by atoms with E-state index in [1.165, 1.54) is 32.2 Å². The number of hydrogen-bond acceptors (Lipinski definition) is 3. The van der Waals surface area contributed by atoms with Gasteiger partial charge in [-0.3, -0.25) is 9.69 Å². The van der Waals surface area contributed by atoms with Crippen molar-refractivity contribution in [1.29, 1.82) is 0 Å². The summed E-state index contributed by atoms with van der Waals surface area (Å²) in [6.07, 6.45) is 7.65. The van der Waals surface area contributed by atoms with Gasteiger partial charge in [0.15, 0.2) is 5.78 Å². The lowest BCUT2D eigenvalue weighted by Crippen LogP contribution is -2.43. The number of rotatable bonds is 5. The maximum absolute atomic E-state index is 12.9. The smallest absolute Gasteiger partial charge is 0.167 e. The zero-order valence-electron chi connectivity index (χ0n) is 14.5. The number of benzene rings is 1. The van der Waals surface area contributed by atoms with E-state index in [0.717, 1.165) is 36.7 Å². The van der Waals surface area contributed by atoms with Crippen LogP contribution in [0.1, 0.15) is 62.7 Å². The average molecular weight is 315 g/mol. The van der Waals surface area contributed by atoms with Gasteiger partial charge in [-0.25, -0.2) is 0 Å². The second kappa shape index (κ2) is 7.48. The third-order valence-corrected chi connectivity index (χ3v) is 5.16. The molecule has 3 heteroatoms. The number of nitrogens with zero attached hydrogens (tertiary/aromatic N) is 1. The number of piperidine rings is 1. The summed E-state index contributed by atoms with van der Waals surface area (Å²) in [6, 6.07) is 8.44. The van der Waals surface area contributed by atoms with Crippen molar-refractivity contribution in [3.63, 3.8) is 0 Å². The molecular formula is C20H29NO2. The molecule has 1 aromatic carbocycles. The normalized spacial score (nSPS) is 23.3. The molecule has 0 unspecified atom stereocenters. The Labute approximate surface area is 140 Å². The molecule has 0 amide bonds. The van der Waals surface area contributed by atoms with E-state index < -0.39 is 0 Å². The minimum atomic E-state index is 0.132. The van der Waals surface area contributed by atoms with Gasteiger partial charge in [0, 0.05) is 24.1 Å². The van der Waals surface area contributed by atoms with E-state index in [4.69, 9.17) is 4.74 Å². The maximum atomic E-state index is 12.9. The Bertz CT molecular complexity index is 534. The fraction of sp³-hybridized carbons (Fsp3) is 0.650. The average Bonchev–Trinajstić information content (AvgIpc) is 3.08. The summed E-state index contributed by atoms with van der Waals surface area (Å²) >= 11 is 0. The first-order chi connectivity index (χ1) is 11.1. The Morgan fingerprint density at radius 1 is 1.17 bits per heavy atom. The molecule has 1 aromatic rings. The van der Waals surface area contributed by atoms with Gasteiger partial charge in [-0.05, 0) is 58.2 Å². The van der Waals surface area contributed by atoms with Crippen LogP contribution in [0.3, 0.4) is 0 Å². The number of ether oxygens (including phenoxy) is 1. The summed E-state index contributed by atoms with van der Waals surface area (Å²) < 4.78 is 5.73. The predicted molar refractivity (Wildman–Crippen MR) is 93.1 cm³/mol. The van der Waals surface area contributed by atoms with Crippen LogP contribution < -0.4 is 4.74 Å². The highest BCUT2D eigenvalue weighted by Gasteiger charge is 2.31. The molecule has 1 heterocycles. The molecule has 0 spiro atoms. The lowest BCUT2D eigenvalue weighted by atomic mass is 9.89. The van der Waals surface area contributed by atoms with Crippen LogP contribution in [0.25, 0.3) is 0 Å². The Kier molecular flexibility index (Phi) is 5.37. The fourth-order valence-corrected chi connectivity index (χ4v) is 4.05. The van der Waals surface area contributed by atoms with Gasteiger partial charge in [0.25, 0.3) is 0 Å². The van der Waals surface area contributed by atoms with Crippen LogP contribution >= 0.6 is 0 Å². The van der Waals surface area contributed by atoms with Crippen LogP contribution in [0.2, 0.25) is 0 Å². The second-order valence-corrected chi connectivity index (χ2v) is 7.33. The van der Waals surface area contributed by atoms with Gasteiger partial charge in [-0.15, -0.1) is 0 Å². The highest BCUT2D eigenvalue weighted by molar-refractivity contribution is 5.98. The summed E-state index contributed by atoms with van der Waals surface area (Å²) in [5.74, 6) is 1.25. The van der Waals surface area contributed by atoms with E-state index in [1.54, 1.807) is 0 Å². The molecule has 0 radical (unpaired) electrons. The summed E-state index contributed by atoms with van der Waals surface area (Å²) in [4.78, 5) is 15.5. The van der Waals surface area contributed by atoms with E-state index in [-0.39, 0.29) is 12.0 Å². The van der Waals surface area contributed by atoms with Crippen molar-refractivity contribution in [3.8, 4) is 5.75 Å². The van der Waals surface area contributed by atoms with Crippen LogP contribution in [-0.4, -0.2) is 35.9 Å². The molecule has 23 heavy (non-hydrogen) atoms. The van der Waals surface area contributed by atoms with Crippen molar-refractivity contribution in [2.24, 2.45) is 5.92 Å². The largest absolute Gasteiger partial charge is 0.491 e. The number of carbonyl (C=O) groups is 1. The first-order valence-corrected chi connectivity index (χ1v) is 9.18. The Morgan fingerprint density at radius 2 is 1.96 bits per heavy atom. The van der Waals surface area contributed by atoms with Gasteiger partial charge in [0.2, 0.25) is 0 Å². The Balaban J connectivity index is 1.67. The third-order valence-electron chi connectivity index (χ3n) is 5.16. The second-order valence-electron chi connectivity index (χ2n) is 7.33. The summed E-state index contributed by atoms with van der Waals surface area (Å²) in [5.41, 5.74) is 0.807. The molecule has 1 aliphatic heterocycles. The molecule has 2 fully saturated rings. The monoisotopic (exact) mass is 315 g/mol. The molecule has 126 valence electrons. The maximum Gasteiger partial charge on any atom is 0.167 e. The van der Waals surface area contributed by atoms with Gasteiger partial charge in [-0.2, -0.15) is 0 Å². The van der Waals surface area contributed by atoms with E-state index in [2.05, 4.69) is 4.90 Å². The summed E-state index contributed by atoms with van der Waals surface area (Å²) in [6.45, 7) is 6.13. The molecule has 3 rings (SSSR count). The lowest BCUT2D eigenvalue weighted by Gasteiger charge is -2.36. The molecule has 1 atom stereocenters. The number of carbonyl (C=O) groups excluding carboxylic acids is 1. The highest BCUT2D eigenvalue weighted by Crippen LogP contribution is 2.29. The van der Waals surface area contributed by atoms with Crippen LogP contribution in [0, 0.1) is 5.92 Å². The van der Waals surface area contributed by atoms with Crippen molar-refractivity contribution in [1.82, 2.24) is 4.90 Å². The van der Waals surface area contributed by atoms with Crippen molar-refractivity contribution >= 4 is 5.78 Å². The molecule has 1 aliphatic carbocycles. The SMILES string of the molecule is CC(C)Oc1cccc(C(=O)[C@H]2CCCN(C3CCCC3)C2)c1. The molecular weight excluding hydrogens is 286 g/mol. The molecule has 1 saturated heterocycles. The molecule has 0 aromatic heterocycles. The van der Waals surface area contributed by atoms with Crippen LogP contribution in [-0.2, 0) is 0 Å². The minimum absolute atomic E-state index is 0.132. The number of ketones is 1. The van der Waals surface area contributed by atoms with Crippen molar-refractivity contribution < 1.29 is 9.53 Å². The predicted octanol–water partition coefficient (Wildman–Crippen LogP) is 4.31. The summed E-state index contributed by atoms with van der Waals surface area (Å²) in [7, 11) is 0. The number of likely N-dealkylation sites (tertiary alicyclic amines) is 1. The van der Waals surface area contributed by atoms with Crippen molar-refractivity contribution in [2.45, 2.75) is 64.5 Å². The van der Waals surface area contributed by atoms with Crippen LogP contribution in [0.4, 0.5) is 0 Å². The van der Waals surface area contributed by atoms with Crippen molar-refractivity contribution in [3.05, 3.63) is 29.8 Å². The van der Waals surface area contributed by atoms with Crippen molar-refractivity contribution in [2.75, 3.05) is 13.1 Å². The van der Waals surface area contributed by atoms with Gasteiger partial charge in [-0.1, -0.05) is 25.0 Å². The molecule has 1 saturated carbocycles. The first-order valence-electron chi connectivity index (χ1n) is 9.18. The third kappa shape index (κ3) is 4.14. The summed E-state index contributed by atoms with van der Waals surface area (Å²) in [5, 5.41) is 0. The zero-order valence-corrected chi connectivity index (χ0v) is 14.5. The lowest BCUT2D eigenvalue weighted by molar-refractivity contribution is 0.0756. The number of hydrogen-bond donors (Lipinski definition) is 0. The van der Waals surface area contributed by atoms with Crippen LogP contribution in [0.15, 0.2) is 24.3 Å².